The van der Waals surface area contributed by atoms with E-state index in [1.165, 1.54) is 0 Å². The number of carbonyl (C=O) groups excluding carboxylic acids is 2. The predicted molar refractivity (Wildman–Crippen MR) is 36.1 cm³/mol. The minimum atomic E-state index is -0.859. The summed E-state index contributed by atoms with van der Waals surface area (Å²) < 4.78 is 0. The van der Waals surface area contributed by atoms with Gasteiger partial charge in [-0.3, -0.25) is 9.59 Å². The van der Waals surface area contributed by atoms with Gasteiger partial charge < -0.3 is 5.73 Å². The zero-order chi connectivity index (χ0) is 7.78. The molecule has 1 saturated carbocycles. The minimum absolute atomic E-state index is 0.236. The van der Waals surface area contributed by atoms with E-state index < -0.39 is 11.3 Å². The van der Waals surface area contributed by atoms with Crippen LogP contribution >= 0.6 is 0 Å². The fraction of sp³-hybridized carbons (Fsp3) is 0.429. The second-order valence-electron chi connectivity index (χ2n) is 2.51. The Bertz CT molecular complexity index is 204. The van der Waals surface area contributed by atoms with Crippen molar-refractivity contribution < 1.29 is 9.59 Å². The number of carbonyl (C=O) groups is 2. The highest BCUT2D eigenvalue weighted by Gasteiger charge is 2.53. The standard InChI is InChI=1S/C7H9NO2/c1-2-5(9)7(3-4-7)6(8)10/h2H,1,3-4H2,(H2,8,10). The monoisotopic (exact) mass is 139 g/mol. The summed E-state index contributed by atoms with van der Waals surface area (Å²) in [7, 11) is 0. The van der Waals surface area contributed by atoms with Gasteiger partial charge in [0.05, 0.1) is 0 Å². The summed E-state index contributed by atoms with van der Waals surface area (Å²) in [6.45, 7) is 3.29. The number of amides is 1. The Morgan fingerprint density at radius 2 is 2.00 bits per heavy atom. The topological polar surface area (TPSA) is 60.2 Å². The Kier molecular flexibility index (Phi) is 1.35. The van der Waals surface area contributed by atoms with Crippen LogP contribution in [0.1, 0.15) is 12.8 Å². The fourth-order valence-corrected chi connectivity index (χ4v) is 0.935. The zero-order valence-corrected chi connectivity index (χ0v) is 5.59. The SMILES string of the molecule is C=CC(=O)C1(C(N)=O)CC1. The third-order valence-electron chi connectivity index (χ3n) is 1.88. The maximum absolute atomic E-state index is 10.9. The average Bonchev–Trinajstić information content (AvgIpc) is 2.65. The van der Waals surface area contributed by atoms with Crippen LogP contribution in [0, 0.1) is 5.41 Å². The van der Waals surface area contributed by atoms with E-state index in [4.69, 9.17) is 5.73 Å². The van der Waals surface area contributed by atoms with E-state index in [1.54, 1.807) is 0 Å². The number of ketones is 1. The lowest BCUT2D eigenvalue weighted by atomic mass is 10.0. The number of allylic oxidation sites excluding steroid dienone is 1. The van der Waals surface area contributed by atoms with Crippen molar-refractivity contribution in [2.75, 3.05) is 0 Å². The lowest BCUT2D eigenvalue weighted by Crippen LogP contribution is -2.30. The maximum Gasteiger partial charge on any atom is 0.231 e. The number of hydrogen-bond acceptors (Lipinski definition) is 2. The molecule has 1 amide bonds. The number of rotatable bonds is 3. The summed E-state index contributed by atoms with van der Waals surface area (Å²) in [6, 6.07) is 0. The first-order valence-corrected chi connectivity index (χ1v) is 3.10. The second kappa shape index (κ2) is 1.94. The molecule has 0 aromatic heterocycles. The Morgan fingerprint density at radius 3 is 2.10 bits per heavy atom. The Labute approximate surface area is 58.9 Å². The molecule has 1 aliphatic rings. The van der Waals surface area contributed by atoms with E-state index in [-0.39, 0.29) is 5.78 Å². The lowest BCUT2D eigenvalue weighted by molar-refractivity contribution is -0.131. The van der Waals surface area contributed by atoms with Gasteiger partial charge >= 0.3 is 0 Å². The molecule has 1 fully saturated rings. The van der Waals surface area contributed by atoms with Gasteiger partial charge in [0.25, 0.3) is 0 Å². The molecule has 10 heavy (non-hydrogen) atoms. The van der Waals surface area contributed by atoms with E-state index >= 15 is 0 Å². The van der Waals surface area contributed by atoms with Crippen LogP contribution in [0.3, 0.4) is 0 Å². The quantitative estimate of drug-likeness (QED) is 0.442. The first kappa shape index (κ1) is 6.99. The molecule has 54 valence electrons. The van der Waals surface area contributed by atoms with E-state index in [0.29, 0.717) is 12.8 Å². The van der Waals surface area contributed by atoms with Gasteiger partial charge in [-0.25, -0.2) is 0 Å². The molecule has 2 N–H and O–H groups in total. The number of primary amides is 1. The summed E-state index contributed by atoms with van der Waals surface area (Å²) in [6.07, 6.45) is 2.35. The van der Waals surface area contributed by atoms with Crippen molar-refractivity contribution in [2.24, 2.45) is 11.1 Å². The summed E-state index contributed by atoms with van der Waals surface area (Å²) >= 11 is 0. The van der Waals surface area contributed by atoms with Gasteiger partial charge in [-0.05, 0) is 18.9 Å². The van der Waals surface area contributed by atoms with Gasteiger partial charge in [-0.15, -0.1) is 0 Å². The van der Waals surface area contributed by atoms with E-state index in [1.807, 2.05) is 0 Å². The van der Waals surface area contributed by atoms with Gasteiger partial charge in [0.2, 0.25) is 5.91 Å². The Hall–Kier alpha value is -1.12. The molecule has 0 unspecified atom stereocenters. The molecule has 3 heteroatoms. The van der Waals surface area contributed by atoms with E-state index in [2.05, 4.69) is 6.58 Å². The van der Waals surface area contributed by atoms with Crippen LogP contribution in [0.25, 0.3) is 0 Å². The summed E-state index contributed by atoms with van der Waals surface area (Å²) in [5, 5.41) is 0. The zero-order valence-electron chi connectivity index (χ0n) is 5.59. The van der Waals surface area contributed by atoms with Crippen molar-refractivity contribution in [3.8, 4) is 0 Å². The van der Waals surface area contributed by atoms with Crippen molar-refractivity contribution in [2.45, 2.75) is 12.8 Å². The van der Waals surface area contributed by atoms with Crippen molar-refractivity contribution in [1.29, 1.82) is 0 Å². The molecule has 0 spiro atoms. The first-order chi connectivity index (χ1) is 4.63. The molecule has 0 heterocycles. The van der Waals surface area contributed by atoms with Gasteiger partial charge in [0.1, 0.15) is 5.41 Å². The smallest absolute Gasteiger partial charge is 0.231 e. The Balaban J connectivity index is 2.79. The van der Waals surface area contributed by atoms with Crippen molar-refractivity contribution >= 4 is 11.7 Å². The van der Waals surface area contributed by atoms with Crippen molar-refractivity contribution in [3.05, 3.63) is 12.7 Å². The minimum Gasteiger partial charge on any atom is -0.369 e. The van der Waals surface area contributed by atoms with Crippen molar-refractivity contribution in [1.82, 2.24) is 0 Å². The van der Waals surface area contributed by atoms with Crippen LogP contribution in [0.4, 0.5) is 0 Å². The summed E-state index contributed by atoms with van der Waals surface area (Å²) in [5.41, 5.74) is 4.14. The molecule has 0 aliphatic heterocycles. The van der Waals surface area contributed by atoms with Crippen LogP contribution < -0.4 is 5.73 Å². The number of nitrogens with two attached hydrogens (primary N) is 1. The van der Waals surface area contributed by atoms with Gasteiger partial charge in [0.15, 0.2) is 5.78 Å². The highest BCUT2D eigenvalue weighted by molar-refractivity contribution is 6.12. The van der Waals surface area contributed by atoms with Crippen molar-refractivity contribution in [3.63, 3.8) is 0 Å². The maximum atomic E-state index is 10.9. The fourth-order valence-electron chi connectivity index (χ4n) is 0.935. The molecule has 0 atom stereocenters. The van der Waals surface area contributed by atoms with Gasteiger partial charge in [0, 0.05) is 0 Å². The molecular weight excluding hydrogens is 130 g/mol. The van der Waals surface area contributed by atoms with Crippen LogP contribution in [0.2, 0.25) is 0 Å². The third-order valence-corrected chi connectivity index (χ3v) is 1.88. The average molecular weight is 139 g/mol. The third kappa shape index (κ3) is 0.744. The highest BCUT2D eigenvalue weighted by Crippen LogP contribution is 2.46. The van der Waals surface area contributed by atoms with Gasteiger partial charge in [-0.1, -0.05) is 6.58 Å². The largest absolute Gasteiger partial charge is 0.369 e. The van der Waals surface area contributed by atoms with Crippen LogP contribution in [-0.2, 0) is 9.59 Å². The molecule has 0 aromatic carbocycles. The van der Waals surface area contributed by atoms with Crippen LogP contribution in [0.15, 0.2) is 12.7 Å². The van der Waals surface area contributed by atoms with E-state index in [9.17, 15) is 9.59 Å². The second-order valence-corrected chi connectivity index (χ2v) is 2.51. The van der Waals surface area contributed by atoms with E-state index in [0.717, 1.165) is 6.08 Å². The van der Waals surface area contributed by atoms with Gasteiger partial charge in [-0.2, -0.15) is 0 Å². The lowest BCUT2D eigenvalue weighted by Gasteiger charge is -2.03. The molecule has 3 nitrogen and oxygen atoms in total. The predicted octanol–water partition coefficient (Wildman–Crippen LogP) is 0.00700. The molecular formula is C7H9NO2. The molecule has 1 aliphatic carbocycles. The van der Waals surface area contributed by atoms with Crippen LogP contribution in [-0.4, -0.2) is 11.7 Å². The van der Waals surface area contributed by atoms with Crippen LogP contribution in [0.5, 0.6) is 0 Å². The number of hydrogen-bond donors (Lipinski definition) is 1. The molecule has 0 bridgehead atoms. The highest BCUT2D eigenvalue weighted by atomic mass is 16.2. The normalized spacial score (nSPS) is 19.6. The summed E-state index contributed by atoms with van der Waals surface area (Å²) in [5.74, 6) is -0.752. The molecule has 1 rings (SSSR count). The molecule has 0 radical (unpaired) electrons. The first-order valence-electron chi connectivity index (χ1n) is 3.10. The Morgan fingerprint density at radius 1 is 1.50 bits per heavy atom. The summed E-state index contributed by atoms with van der Waals surface area (Å²) in [4.78, 5) is 21.6. The molecule has 0 aromatic rings. The molecule has 0 saturated heterocycles.